The molecule has 0 aromatic heterocycles. The van der Waals surface area contributed by atoms with Gasteiger partial charge in [0.05, 0.1) is 30.1 Å². The van der Waals surface area contributed by atoms with Crippen LogP contribution in [0.3, 0.4) is 0 Å². The van der Waals surface area contributed by atoms with Gasteiger partial charge in [0, 0.05) is 48.0 Å². The zero-order chi connectivity index (χ0) is 51.8. The van der Waals surface area contributed by atoms with E-state index in [1.54, 1.807) is 30.3 Å². The summed E-state index contributed by atoms with van der Waals surface area (Å²) < 4.78 is 105. The fourth-order valence-electron chi connectivity index (χ4n) is 13.5. The lowest BCUT2D eigenvalue weighted by Crippen LogP contribution is -2.53. The van der Waals surface area contributed by atoms with Crippen LogP contribution < -0.4 is 9.47 Å². The van der Waals surface area contributed by atoms with E-state index < -0.39 is 29.4 Å². The lowest BCUT2D eigenvalue weighted by molar-refractivity contribution is -0.157. The minimum Gasteiger partial charge on any atom is -0.490 e. The summed E-state index contributed by atoms with van der Waals surface area (Å²) >= 11 is 0. The summed E-state index contributed by atoms with van der Waals surface area (Å²) in [5.41, 5.74) is 0.000413. The van der Waals surface area contributed by atoms with E-state index in [1.165, 1.54) is 12.1 Å². The highest BCUT2D eigenvalue weighted by molar-refractivity contribution is 5.92. The van der Waals surface area contributed by atoms with Gasteiger partial charge in [-0.05, 0) is 162 Å². The van der Waals surface area contributed by atoms with Crippen molar-refractivity contribution in [2.24, 2.45) is 23.7 Å². The number of esters is 1. The Labute approximate surface area is 426 Å². The molecule has 4 aliphatic heterocycles. The number of piperidine rings is 4. The molecule has 8 nitrogen and oxygen atoms in total. The first-order chi connectivity index (χ1) is 34.8. The first-order valence-corrected chi connectivity index (χ1v) is 27.3. The van der Waals surface area contributed by atoms with E-state index >= 15 is 0 Å². The number of carboxylic acid groups (broad SMARTS) is 1. The molecule has 10 rings (SSSR count). The number of carbonyl (C=O) groups excluding carboxylic acids is 1. The van der Waals surface area contributed by atoms with Gasteiger partial charge in [0.1, 0.15) is 22.6 Å². The number of ether oxygens (including phenoxy) is 3. The molecule has 4 heterocycles. The van der Waals surface area contributed by atoms with Gasteiger partial charge in [-0.2, -0.15) is 26.3 Å². The number of aliphatic carboxylic acids is 1. The molecule has 2 aliphatic carbocycles. The van der Waals surface area contributed by atoms with Crippen LogP contribution >= 0.6 is 0 Å². The van der Waals surface area contributed by atoms with Crippen LogP contribution in [0.4, 0.5) is 26.3 Å². The van der Waals surface area contributed by atoms with Gasteiger partial charge in [-0.15, -0.1) is 0 Å². The van der Waals surface area contributed by atoms with E-state index in [0.717, 1.165) is 89.9 Å². The van der Waals surface area contributed by atoms with E-state index in [1.807, 2.05) is 32.0 Å². The highest BCUT2D eigenvalue weighted by Gasteiger charge is 2.45. The number of carboxylic acids is 1. The van der Waals surface area contributed by atoms with Crippen LogP contribution in [0.1, 0.15) is 166 Å². The van der Waals surface area contributed by atoms with Gasteiger partial charge < -0.3 is 19.3 Å². The summed E-state index contributed by atoms with van der Waals surface area (Å²) in [4.78, 5) is 28.9. The molecule has 0 spiro atoms. The van der Waals surface area contributed by atoms with E-state index in [-0.39, 0.29) is 82.6 Å². The molecule has 4 bridgehead atoms. The molecule has 0 radical (unpaired) electrons. The molecule has 6 aliphatic rings. The van der Waals surface area contributed by atoms with Crippen molar-refractivity contribution in [1.29, 1.82) is 0 Å². The highest BCUT2D eigenvalue weighted by atomic mass is 19.4. The van der Waals surface area contributed by atoms with Crippen LogP contribution in [0.15, 0.2) is 60.7 Å². The third-order valence-electron chi connectivity index (χ3n) is 17.3. The number of hydrogen-bond acceptors (Lipinski definition) is 7. The third kappa shape index (κ3) is 12.3. The van der Waals surface area contributed by atoms with Crippen molar-refractivity contribution in [3.8, 4) is 11.5 Å². The van der Waals surface area contributed by atoms with Crippen molar-refractivity contribution in [1.82, 2.24) is 9.80 Å². The number of carbonyl (C=O) groups is 2. The largest absolute Gasteiger partial charge is 0.490 e. The van der Waals surface area contributed by atoms with Crippen molar-refractivity contribution in [2.45, 2.75) is 211 Å². The standard InChI is InChI=1S/C31H40F3NO3.C28H34F3NO3/c1-19(2)37-30(36)23-16-24-8-5-9-25(17-23)35(24)18-22-7-4-6-21-12-15-27(29(28(21)22)31(32,33)34)38-26-13-10-20(3)11-14-26;1-17-8-11-23(12-9-17)35-24-13-10-18-4-2-5-19(25(18)26(24)28(29,30)31)16-32-21-6-3-7-22(32)15-20(14-21)27(33)34/h4,6-7,12,15,19-20,23-26H,5,8-11,13-14,16-18H2,1-3H3;2,4-5,10,13,17,20-23H,3,6-9,11-12,14-16H2,1H3,(H,33,34). The van der Waals surface area contributed by atoms with E-state index in [9.17, 15) is 41.0 Å². The SMILES string of the molecule is CC1CCC(Oc2ccc3cccc(CN4C5CCCC4CC(C(=O)O)C5)c3c2C(F)(F)F)CC1.CC1CCC(Oc2ccc3cccc(CN4C5CCCC4CC(C(=O)OC(C)C)C5)c3c2C(F)(F)F)CC1. The smallest absolute Gasteiger partial charge is 0.420 e. The number of benzene rings is 4. The lowest BCUT2D eigenvalue weighted by Gasteiger charge is -2.48. The molecule has 4 unspecified atom stereocenters. The molecule has 398 valence electrons. The Hall–Kier alpha value is -4.56. The highest BCUT2D eigenvalue weighted by Crippen LogP contribution is 2.48. The Bertz CT molecular complexity index is 2540. The van der Waals surface area contributed by atoms with E-state index in [0.29, 0.717) is 72.5 Å². The maximum Gasteiger partial charge on any atom is 0.420 e. The number of nitrogens with zero attached hydrogens (tertiary/aromatic N) is 2. The van der Waals surface area contributed by atoms with Crippen molar-refractivity contribution in [2.75, 3.05) is 0 Å². The summed E-state index contributed by atoms with van der Waals surface area (Å²) in [6.45, 7) is 8.91. The average molecular weight is 1020 g/mol. The Morgan fingerprint density at radius 3 is 1.30 bits per heavy atom. The molecule has 14 heteroatoms. The van der Waals surface area contributed by atoms with Crippen molar-refractivity contribution in [3.05, 3.63) is 82.9 Å². The van der Waals surface area contributed by atoms with Crippen LogP contribution in [-0.4, -0.2) is 69.3 Å². The number of halogens is 6. The van der Waals surface area contributed by atoms with Crippen molar-refractivity contribution in [3.63, 3.8) is 0 Å². The minimum atomic E-state index is -4.54. The van der Waals surface area contributed by atoms with Gasteiger partial charge in [-0.1, -0.05) is 75.2 Å². The predicted molar refractivity (Wildman–Crippen MR) is 270 cm³/mol. The summed E-state index contributed by atoms with van der Waals surface area (Å²) in [7, 11) is 0. The zero-order valence-corrected chi connectivity index (χ0v) is 42.9. The first kappa shape index (κ1) is 53.3. The number of fused-ring (bicyclic) bond motifs is 6. The number of rotatable bonds is 11. The molecule has 6 fully saturated rings. The van der Waals surface area contributed by atoms with Gasteiger partial charge in [0.2, 0.25) is 0 Å². The topological polar surface area (TPSA) is 88.5 Å². The lowest BCUT2D eigenvalue weighted by atomic mass is 9.78. The summed E-state index contributed by atoms with van der Waals surface area (Å²) in [6.07, 6.45) is 5.80. The third-order valence-corrected chi connectivity index (χ3v) is 17.3. The Morgan fingerprint density at radius 1 is 0.562 bits per heavy atom. The molecule has 1 N–H and O–H groups in total. The van der Waals surface area contributed by atoms with Crippen LogP contribution in [-0.2, 0) is 39.8 Å². The van der Waals surface area contributed by atoms with Gasteiger partial charge in [-0.25, -0.2) is 0 Å². The second-order valence-electron chi connectivity index (χ2n) is 22.9. The zero-order valence-electron chi connectivity index (χ0n) is 42.9. The van der Waals surface area contributed by atoms with E-state index in [4.69, 9.17) is 14.2 Å². The number of hydrogen-bond donors (Lipinski definition) is 1. The van der Waals surface area contributed by atoms with Gasteiger partial charge >= 0.3 is 24.3 Å². The second kappa shape index (κ2) is 22.3. The molecule has 0 amide bonds. The van der Waals surface area contributed by atoms with Crippen molar-refractivity contribution >= 4 is 33.5 Å². The molecule has 2 saturated carbocycles. The maximum absolute atomic E-state index is 14.7. The van der Waals surface area contributed by atoms with Crippen LogP contribution in [0.25, 0.3) is 21.5 Å². The summed E-state index contributed by atoms with van der Waals surface area (Å²) in [5.74, 6) is -0.335. The number of alkyl halides is 6. The maximum atomic E-state index is 14.7. The van der Waals surface area contributed by atoms with Crippen LogP contribution in [0.2, 0.25) is 0 Å². The monoisotopic (exact) mass is 1020 g/mol. The second-order valence-corrected chi connectivity index (χ2v) is 22.9. The minimum absolute atomic E-state index is 0.0488. The first-order valence-electron chi connectivity index (χ1n) is 27.3. The van der Waals surface area contributed by atoms with E-state index in [2.05, 4.69) is 23.6 Å². The molecule has 4 aromatic carbocycles. The fourth-order valence-corrected chi connectivity index (χ4v) is 13.5. The Balaban J connectivity index is 0.000000180. The fraction of sp³-hybridized carbons (Fsp3) is 0.627. The normalized spacial score (nSPS) is 29.1. The molecular formula is C59H74F6N2O6. The summed E-state index contributed by atoms with van der Waals surface area (Å²) in [5, 5.41) is 11.2. The predicted octanol–water partition coefficient (Wildman–Crippen LogP) is 14.9. The van der Waals surface area contributed by atoms with Crippen molar-refractivity contribution < 1.29 is 55.2 Å². The quantitative estimate of drug-likeness (QED) is 0.117. The van der Waals surface area contributed by atoms with Gasteiger partial charge in [-0.3, -0.25) is 19.4 Å². The Morgan fingerprint density at radius 2 is 0.945 bits per heavy atom. The molecule has 4 aromatic rings. The van der Waals surface area contributed by atoms with Crippen LogP contribution in [0, 0.1) is 23.7 Å². The average Bonchev–Trinajstić information content (AvgIpc) is 3.32. The summed E-state index contributed by atoms with van der Waals surface area (Å²) in [6, 6.07) is 17.8. The molecule has 4 saturated heterocycles. The molecular weight excluding hydrogens is 947 g/mol. The van der Waals surface area contributed by atoms with Gasteiger partial charge in [0.15, 0.2) is 0 Å². The Kier molecular flexibility index (Phi) is 16.3. The van der Waals surface area contributed by atoms with Crippen LogP contribution in [0.5, 0.6) is 11.5 Å². The molecule has 4 atom stereocenters. The molecule has 73 heavy (non-hydrogen) atoms. The van der Waals surface area contributed by atoms with Gasteiger partial charge in [0.25, 0.3) is 0 Å².